The third kappa shape index (κ3) is 4.68. The largest absolute Gasteiger partial charge is 0.490 e. The van der Waals surface area contributed by atoms with Gasteiger partial charge in [0.1, 0.15) is 6.61 Å². The topological polar surface area (TPSA) is 18.5 Å². The van der Waals surface area contributed by atoms with Crippen molar-refractivity contribution in [3.05, 3.63) is 59.2 Å². The summed E-state index contributed by atoms with van der Waals surface area (Å²) in [5.41, 5.74) is 2.17. The van der Waals surface area contributed by atoms with Crippen LogP contribution in [0.1, 0.15) is 37.8 Å². The van der Waals surface area contributed by atoms with Crippen LogP contribution in [0.15, 0.2) is 36.4 Å². The molecule has 0 aliphatic carbocycles. The lowest BCUT2D eigenvalue weighted by atomic mass is 10.1. The van der Waals surface area contributed by atoms with Crippen LogP contribution < -0.4 is 9.47 Å². The number of hydrogen-bond acceptors (Lipinski definition) is 2. The predicted octanol–water partition coefficient (Wildman–Crippen LogP) is 5.29. The fourth-order valence-corrected chi connectivity index (χ4v) is 2.20. The Balaban J connectivity index is 2.01. The molecule has 0 bridgehead atoms. The molecule has 2 nitrogen and oxygen atoms in total. The van der Waals surface area contributed by atoms with Gasteiger partial charge in [0.2, 0.25) is 11.6 Å². The van der Waals surface area contributed by atoms with E-state index in [0.717, 1.165) is 24.8 Å². The van der Waals surface area contributed by atoms with E-state index in [1.54, 1.807) is 0 Å². The summed E-state index contributed by atoms with van der Waals surface area (Å²) in [5, 5.41) is 0. The van der Waals surface area contributed by atoms with Crippen molar-refractivity contribution in [2.45, 2.75) is 39.7 Å². The van der Waals surface area contributed by atoms with Gasteiger partial charge in [0, 0.05) is 0 Å². The molecule has 0 amide bonds. The minimum Gasteiger partial charge on any atom is -0.490 e. The highest BCUT2D eigenvalue weighted by atomic mass is 19.2. The number of rotatable bonds is 8. The van der Waals surface area contributed by atoms with E-state index in [-0.39, 0.29) is 18.1 Å². The maximum atomic E-state index is 14.0. The Morgan fingerprint density at radius 3 is 1.87 bits per heavy atom. The van der Waals surface area contributed by atoms with E-state index in [1.807, 2.05) is 31.2 Å². The average Bonchev–Trinajstić information content (AvgIpc) is 2.57. The summed E-state index contributed by atoms with van der Waals surface area (Å²) < 4.78 is 38.4. The van der Waals surface area contributed by atoms with Gasteiger partial charge in [-0.25, -0.2) is 0 Å². The van der Waals surface area contributed by atoms with E-state index in [2.05, 4.69) is 6.92 Å². The lowest BCUT2D eigenvalue weighted by molar-refractivity contribution is 0.269. The number of benzene rings is 2. The monoisotopic (exact) mass is 320 g/mol. The number of aryl methyl sites for hydroxylation is 1. The molecule has 0 saturated heterocycles. The molecular weight excluding hydrogens is 298 g/mol. The molecule has 0 heterocycles. The lowest BCUT2D eigenvalue weighted by Crippen LogP contribution is -2.03. The van der Waals surface area contributed by atoms with E-state index in [1.165, 1.54) is 17.7 Å². The van der Waals surface area contributed by atoms with Crippen molar-refractivity contribution in [1.29, 1.82) is 0 Å². The fraction of sp³-hybridized carbons (Fsp3) is 0.368. The third-order valence-corrected chi connectivity index (χ3v) is 3.43. The molecule has 0 radical (unpaired) electrons. The first-order valence-electron chi connectivity index (χ1n) is 7.97. The highest BCUT2D eigenvalue weighted by molar-refractivity contribution is 5.35. The molecule has 124 valence electrons. The predicted molar refractivity (Wildman–Crippen MR) is 86.9 cm³/mol. The van der Waals surface area contributed by atoms with Gasteiger partial charge in [-0.15, -0.1) is 0 Å². The molecule has 2 rings (SSSR count). The molecule has 2 aromatic rings. The van der Waals surface area contributed by atoms with Gasteiger partial charge in [-0.1, -0.05) is 44.5 Å². The normalized spacial score (nSPS) is 10.6. The Kier molecular flexibility index (Phi) is 6.39. The van der Waals surface area contributed by atoms with Crippen LogP contribution in [-0.4, -0.2) is 6.61 Å². The van der Waals surface area contributed by atoms with Crippen LogP contribution in [0.5, 0.6) is 11.5 Å². The summed E-state index contributed by atoms with van der Waals surface area (Å²) in [6.45, 7) is 4.57. The molecule has 2 aromatic carbocycles. The van der Waals surface area contributed by atoms with Crippen molar-refractivity contribution in [3.8, 4) is 11.5 Å². The summed E-state index contributed by atoms with van der Waals surface area (Å²) in [6, 6.07) is 10.7. The van der Waals surface area contributed by atoms with Gasteiger partial charge in [0.15, 0.2) is 11.5 Å². The van der Waals surface area contributed by atoms with Crippen molar-refractivity contribution in [1.82, 2.24) is 0 Å². The molecule has 0 unspecified atom stereocenters. The molecule has 0 aliphatic rings. The molecule has 0 saturated carbocycles. The van der Waals surface area contributed by atoms with Crippen LogP contribution >= 0.6 is 0 Å². The van der Waals surface area contributed by atoms with Gasteiger partial charge >= 0.3 is 0 Å². The maximum Gasteiger partial charge on any atom is 0.204 e. The average molecular weight is 320 g/mol. The Bertz CT molecular complexity index is 624. The quantitative estimate of drug-likeness (QED) is 0.658. The van der Waals surface area contributed by atoms with E-state index < -0.39 is 11.6 Å². The van der Waals surface area contributed by atoms with Crippen LogP contribution in [0.2, 0.25) is 0 Å². The van der Waals surface area contributed by atoms with Crippen LogP contribution in [-0.2, 0) is 13.0 Å². The minimum absolute atomic E-state index is 0.0828. The summed E-state index contributed by atoms with van der Waals surface area (Å²) in [4.78, 5) is 0. The van der Waals surface area contributed by atoms with Crippen molar-refractivity contribution in [3.63, 3.8) is 0 Å². The molecule has 0 fully saturated rings. The second-order valence-corrected chi connectivity index (χ2v) is 5.39. The Hall–Kier alpha value is -2.10. The highest BCUT2D eigenvalue weighted by Crippen LogP contribution is 2.28. The summed E-state index contributed by atoms with van der Waals surface area (Å²) in [6.07, 6.45) is 2.85. The van der Waals surface area contributed by atoms with Crippen molar-refractivity contribution >= 4 is 0 Å². The number of ether oxygens (including phenoxy) is 2. The molecule has 4 heteroatoms. The highest BCUT2D eigenvalue weighted by Gasteiger charge is 2.15. The first kappa shape index (κ1) is 17.3. The first-order valence-corrected chi connectivity index (χ1v) is 7.97. The second kappa shape index (κ2) is 8.51. The van der Waals surface area contributed by atoms with Gasteiger partial charge in [0.25, 0.3) is 0 Å². The zero-order valence-corrected chi connectivity index (χ0v) is 13.6. The SMILES string of the molecule is CCCOc1ccc(OCc2ccc(CCC)cc2)c(F)c1F. The lowest BCUT2D eigenvalue weighted by Gasteiger charge is -2.11. The van der Waals surface area contributed by atoms with Gasteiger partial charge in [0.05, 0.1) is 6.61 Å². The molecule has 0 aliphatic heterocycles. The number of halogens is 2. The molecule has 0 N–H and O–H groups in total. The molecular formula is C19H22F2O2. The van der Waals surface area contributed by atoms with E-state index in [0.29, 0.717) is 6.61 Å². The second-order valence-electron chi connectivity index (χ2n) is 5.39. The van der Waals surface area contributed by atoms with Crippen LogP contribution in [0.4, 0.5) is 8.78 Å². The van der Waals surface area contributed by atoms with E-state index >= 15 is 0 Å². The third-order valence-electron chi connectivity index (χ3n) is 3.43. The number of hydrogen-bond donors (Lipinski definition) is 0. The first-order chi connectivity index (χ1) is 11.2. The summed E-state index contributed by atoms with van der Waals surface area (Å²) in [7, 11) is 0. The maximum absolute atomic E-state index is 14.0. The van der Waals surface area contributed by atoms with Gasteiger partial charge in [-0.2, -0.15) is 8.78 Å². The van der Waals surface area contributed by atoms with Crippen molar-refractivity contribution in [2.24, 2.45) is 0 Å². The fourth-order valence-electron chi connectivity index (χ4n) is 2.20. The zero-order valence-electron chi connectivity index (χ0n) is 13.6. The van der Waals surface area contributed by atoms with Crippen molar-refractivity contribution < 1.29 is 18.3 Å². The van der Waals surface area contributed by atoms with Crippen LogP contribution in [0.3, 0.4) is 0 Å². The molecule has 0 atom stereocenters. The Labute approximate surface area is 136 Å². The minimum atomic E-state index is -1.01. The standard InChI is InChI=1S/C19H22F2O2/c1-3-5-14-6-8-15(9-7-14)13-23-17-11-10-16(22-12-4-2)18(20)19(17)21/h6-11H,3-5,12-13H2,1-2H3. The Morgan fingerprint density at radius 1 is 0.739 bits per heavy atom. The molecule has 0 aromatic heterocycles. The zero-order chi connectivity index (χ0) is 16.7. The van der Waals surface area contributed by atoms with Gasteiger partial charge in [-0.05, 0) is 36.1 Å². The summed E-state index contributed by atoms with van der Waals surface area (Å²) >= 11 is 0. The summed E-state index contributed by atoms with van der Waals surface area (Å²) in [5.74, 6) is -2.21. The molecule has 0 spiro atoms. The van der Waals surface area contributed by atoms with Gasteiger partial charge < -0.3 is 9.47 Å². The Morgan fingerprint density at radius 2 is 1.30 bits per heavy atom. The van der Waals surface area contributed by atoms with E-state index in [9.17, 15) is 8.78 Å². The smallest absolute Gasteiger partial charge is 0.204 e. The van der Waals surface area contributed by atoms with Crippen LogP contribution in [0, 0.1) is 11.6 Å². The van der Waals surface area contributed by atoms with Gasteiger partial charge in [-0.3, -0.25) is 0 Å². The van der Waals surface area contributed by atoms with Crippen LogP contribution in [0.25, 0.3) is 0 Å². The molecule has 23 heavy (non-hydrogen) atoms. The van der Waals surface area contributed by atoms with Crippen molar-refractivity contribution in [2.75, 3.05) is 6.61 Å². The van der Waals surface area contributed by atoms with E-state index in [4.69, 9.17) is 9.47 Å².